The molecule has 3 rings (SSSR count). The summed E-state index contributed by atoms with van der Waals surface area (Å²) in [5, 5.41) is 13.4. The number of fused-ring (bicyclic) bond motifs is 1. The SMILES string of the molecule is COc1ccc(NC2CCc3c(O)cccc32)cc1C. The lowest BCUT2D eigenvalue weighted by Crippen LogP contribution is -2.07. The predicted octanol–water partition coefficient (Wildman–Crippen LogP) is 3.81. The average Bonchev–Trinajstić information content (AvgIpc) is 2.84. The molecule has 0 bridgehead atoms. The number of ether oxygens (including phenoxy) is 1. The Labute approximate surface area is 119 Å². The molecule has 0 amide bonds. The van der Waals surface area contributed by atoms with E-state index >= 15 is 0 Å². The first-order valence-electron chi connectivity index (χ1n) is 6.91. The van der Waals surface area contributed by atoms with Gasteiger partial charge in [-0.3, -0.25) is 0 Å². The lowest BCUT2D eigenvalue weighted by atomic mass is 10.1. The minimum Gasteiger partial charge on any atom is -0.508 e. The van der Waals surface area contributed by atoms with Crippen molar-refractivity contribution in [3.05, 3.63) is 53.1 Å². The number of anilines is 1. The first-order chi connectivity index (χ1) is 9.69. The second kappa shape index (κ2) is 5.08. The van der Waals surface area contributed by atoms with Crippen molar-refractivity contribution in [3.63, 3.8) is 0 Å². The monoisotopic (exact) mass is 269 g/mol. The van der Waals surface area contributed by atoms with Gasteiger partial charge in [0.1, 0.15) is 11.5 Å². The summed E-state index contributed by atoms with van der Waals surface area (Å²) >= 11 is 0. The number of hydrogen-bond acceptors (Lipinski definition) is 3. The summed E-state index contributed by atoms with van der Waals surface area (Å²) in [4.78, 5) is 0. The van der Waals surface area contributed by atoms with Crippen molar-refractivity contribution >= 4 is 5.69 Å². The molecular weight excluding hydrogens is 250 g/mol. The summed E-state index contributed by atoms with van der Waals surface area (Å²) in [5.41, 5.74) is 4.49. The fourth-order valence-electron chi connectivity index (χ4n) is 2.95. The molecule has 0 fully saturated rings. The molecule has 1 aliphatic rings. The average molecular weight is 269 g/mol. The number of phenols is 1. The zero-order valence-electron chi connectivity index (χ0n) is 11.8. The fourth-order valence-corrected chi connectivity index (χ4v) is 2.95. The van der Waals surface area contributed by atoms with Crippen LogP contribution in [0.25, 0.3) is 0 Å². The van der Waals surface area contributed by atoms with Gasteiger partial charge in [-0.25, -0.2) is 0 Å². The van der Waals surface area contributed by atoms with E-state index in [0.29, 0.717) is 5.75 Å². The zero-order valence-corrected chi connectivity index (χ0v) is 11.8. The van der Waals surface area contributed by atoms with Gasteiger partial charge in [0.05, 0.1) is 13.2 Å². The van der Waals surface area contributed by atoms with Crippen molar-refractivity contribution in [2.45, 2.75) is 25.8 Å². The Morgan fingerprint density at radius 2 is 2.10 bits per heavy atom. The Hall–Kier alpha value is -2.16. The third-order valence-corrected chi connectivity index (χ3v) is 3.98. The van der Waals surface area contributed by atoms with E-state index in [1.54, 1.807) is 13.2 Å². The molecule has 2 aromatic rings. The van der Waals surface area contributed by atoms with E-state index < -0.39 is 0 Å². The maximum absolute atomic E-state index is 9.88. The van der Waals surface area contributed by atoms with Crippen LogP contribution in [0.15, 0.2) is 36.4 Å². The predicted molar refractivity (Wildman–Crippen MR) is 80.5 cm³/mol. The molecule has 0 heterocycles. The van der Waals surface area contributed by atoms with Crippen molar-refractivity contribution < 1.29 is 9.84 Å². The number of nitrogens with one attached hydrogen (secondary N) is 1. The Bertz CT molecular complexity index is 637. The van der Waals surface area contributed by atoms with Crippen LogP contribution in [-0.2, 0) is 6.42 Å². The van der Waals surface area contributed by atoms with Crippen molar-refractivity contribution in [1.29, 1.82) is 0 Å². The molecular formula is C17H19NO2. The molecule has 1 atom stereocenters. The van der Waals surface area contributed by atoms with E-state index in [2.05, 4.69) is 17.4 Å². The molecule has 1 aliphatic carbocycles. The molecule has 2 N–H and O–H groups in total. The number of benzene rings is 2. The summed E-state index contributed by atoms with van der Waals surface area (Å²) in [6.07, 6.45) is 1.94. The molecule has 0 aromatic heterocycles. The quantitative estimate of drug-likeness (QED) is 0.890. The highest BCUT2D eigenvalue weighted by molar-refractivity contribution is 5.54. The molecule has 3 heteroatoms. The Morgan fingerprint density at radius 1 is 1.25 bits per heavy atom. The molecule has 0 aliphatic heterocycles. The number of aryl methyl sites for hydroxylation is 1. The van der Waals surface area contributed by atoms with Gasteiger partial charge < -0.3 is 15.2 Å². The van der Waals surface area contributed by atoms with Crippen LogP contribution in [0.2, 0.25) is 0 Å². The number of methoxy groups -OCH3 is 1. The maximum Gasteiger partial charge on any atom is 0.121 e. The van der Waals surface area contributed by atoms with E-state index in [1.807, 2.05) is 25.1 Å². The van der Waals surface area contributed by atoms with Crippen LogP contribution in [-0.4, -0.2) is 12.2 Å². The summed E-state index contributed by atoms with van der Waals surface area (Å²) in [7, 11) is 1.69. The minimum atomic E-state index is 0.268. The van der Waals surface area contributed by atoms with Gasteiger partial charge in [0.15, 0.2) is 0 Å². The van der Waals surface area contributed by atoms with E-state index in [0.717, 1.165) is 35.4 Å². The second-order valence-electron chi connectivity index (χ2n) is 5.26. The maximum atomic E-state index is 9.88. The number of hydrogen-bond donors (Lipinski definition) is 2. The van der Waals surface area contributed by atoms with E-state index in [4.69, 9.17) is 4.74 Å². The summed E-state index contributed by atoms with van der Waals surface area (Å²) < 4.78 is 5.28. The number of rotatable bonds is 3. The van der Waals surface area contributed by atoms with Gasteiger partial charge in [0.2, 0.25) is 0 Å². The summed E-state index contributed by atoms with van der Waals surface area (Å²) in [6.45, 7) is 2.04. The zero-order chi connectivity index (χ0) is 14.1. The van der Waals surface area contributed by atoms with Crippen LogP contribution < -0.4 is 10.1 Å². The third kappa shape index (κ3) is 2.20. The van der Waals surface area contributed by atoms with Crippen LogP contribution >= 0.6 is 0 Å². The second-order valence-corrected chi connectivity index (χ2v) is 5.26. The van der Waals surface area contributed by atoms with Crippen molar-refractivity contribution in [1.82, 2.24) is 0 Å². The highest BCUT2D eigenvalue weighted by atomic mass is 16.5. The lowest BCUT2D eigenvalue weighted by Gasteiger charge is -2.17. The lowest BCUT2D eigenvalue weighted by molar-refractivity contribution is 0.412. The Balaban J connectivity index is 1.84. The van der Waals surface area contributed by atoms with Crippen LogP contribution in [0.3, 0.4) is 0 Å². The van der Waals surface area contributed by atoms with Gasteiger partial charge in [-0.2, -0.15) is 0 Å². The Kier molecular flexibility index (Phi) is 3.26. The molecule has 20 heavy (non-hydrogen) atoms. The smallest absolute Gasteiger partial charge is 0.121 e. The topological polar surface area (TPSA) is 41.5 Å². The highest BCUT2D eigenvalue weighted by Gasteiger charge is 2.24. The van der Waals surface area contributed by atoms with E-state index in [1.165, 1.54) is 5.56 Å². The third-order valence-electron chi connectivity index (χ3n) is 3.98. The molecule has 0 radical (unpaired) electrons. The molecule has 0 saturated heterocycles. The molecule has 3 nitrogen and oxygen atoms in total. The van der Waals surface area contributed by atoms with Crippen molar-refractivity contribution in [3.8, 4) is 11.5 Å². The fraction of sp³-hybridized carbons (Fsp3) is 0.294. The molecule has 2 aromatic carbocycles. The molecule has 0 saturated carbocycles. The molecule has 1 unspecified atom stereocenters. The first kappa shape index (κ1) is 12.9. The van der Waals surface area contributed by atoms with E-state index in [-0.39, 0.29) is 6.04 Å². The van der Waals surface area contributed by atoms with Gasteiger partial charge in [-0.1, -0.05) is 12.1 Å². The largest absolute Gasteiger partial charge is 0.508 e. The minimum absolute atomic E-state index is 0.268. The van der Waals surface area contributed by atoms with Gasteiger partial charge in [0, 0.05) is 5.69 Å². The number of phenolic OH excluding ortho intramolecular Hbond substituents is 1. The van der Waals surface area contributed by atoms with Gasteiger partial charge in [-0.05, 0) is 60.7 Å². The first-order valence-corrected chi connectivity index (χ1v) is 6.91. The highest BCUT2D eigenvalue weighted by Crippen LogP contribution is 2.38. The molecule has 0 spiro atoms. The van der Waals surface area contributed by atoms with Crippen molar-refractivity contribution in [2.24, 2.45) is 0 Å². The van der Waals surface area contributed by atoms with Crippen LogP contribution in [0, 0.1) is 6.92 Å². The normalized spacial score (nSPS) is 16.8. The van der Waals surface area contributed by atoms with Crippen molar-refractivity contribution in [2.75, 3.05) is 12.4 Å². The number of aromatic hydroxyl groups is 1. The molecule has 104 valence electrons. The van der Waals surface area contributed by atoms with E-state index in [9.17, 15) is 5.11 Å². The van der Waals surface area contributed by atoms with Gasteiger partial charge in [-0.15, -0.1) is 0 Å². The van der Waals surface area contributed by atoms with Crippen LogP contribution in [0.5, 0.6) is 11.5 Å². The summed E-state index contributed by atoms with van der Waals surface area (Å²) in [6, 6.07) is 12.1. The van der Waals surface area contributed by atoms with Gasteiger partial charge in [0.25, 0.3) is 0 Å². The van der Waals surface area contributed by atoms with Crippen LogP contribution in [0.4, 0.5) is 5.69 Å². The van der Waals surface area contributed by atoms with Gasteiger partial charge >= 0.3 is 0 Å². The van der Waals surface area contributed by atoms with Crippen LogP contribution in [0.1, 0.15) is 29.2 Å². The Morgan fingerprint density at radius 3 is 2.85 bits per heavy atom. The summed E-state index contributed by atoms with van der Waals surface area (Å²) in [5.74, 6) is 1.32. The standard InChI is InChI=1S/C17H19NO2/c1-11-10-12(6-9-17(11)20-2)18-15-8-7-14-13(15)4-3-5-16(14)19/h3-6,9-10,15,18-19H,7-8H2,1-2H3.